The third-order valence-corrected chi connectivity index (χ3v) is 3.74. The van der Waals surface area contributed by atoms with E-state index in [1.165, 1.54) is 12.1 Å². The van der Waals surface area contributed by atoms with Gasteiger partial charge in [0.2, 0.25) is 0 Å². The average Bonchev–Trinajstić information content (AvgIpc) is 2.48. The van der Waals surface area contributed by atoms with Crippen molar-refractivity contribution in [2.75, 3.05) is 26.2 Å². The van der Waals surface area contributed by atoms with Crippen molar-refractivity contribution < 1.29 is 18.6 Å². The molecule has 20 heavy (non-hydrogen) atoms. The number of hydrogen-bond acceptors (Lipinski definition) is 3. The van der Waals surface area contributed by atoms with Gasteiger partial charge < -0.3 is 9.84 Å². The van der Waals surface area contributed by atoms with Crippen LogP contribution in [-0.4, -0.2) is 42.4 Å². The summed E-state index contributed by atoms with van der Waals surface area (Å²) in [4.78, 5) is 2.19. The van der Waals surface area contributed by atoms with Gasteiger partial charge in [-0.25, -0.2) is 8.78 Å². The zero-order valence-corrected chi connectivity index (χ0v) is 11.7. The van der Waals surface area contributed by atoms with Crippen molar-refractivity contribution in [2.24, 2.45) is 0 Å². The predicted octanol–water partition coefficient (Wildman–Crippen LogP) is 2.50. The molecule has 0 spiro atoms. The number of hydrogen-bond donors (Lipinski definition) is 1. The van der Waals surface area contributed by atoms with Crippen molar-refractivity contribution in [3.8, 4) is 0 Å². The van der Waals surface area contributed by atoms with E-state index in [4.69, 9.17) is 4.74 Å². The maximum Gasteiger partial charge on any atom is 0.164 e. The minimum Gasteiger partial charge on any atom is -0.388 e. The van der Waals surface area contributed by atoms with Crippen LogP contribution in [0.4, 0.5) is 8.78 Å². The summed E-state index contributed by atoms with van der Waals surface area (Å²) in [5, 5.41) is 10.0. The minimum absolute atomic E-state index is 0.0327. The predicted molar refractivity (Wildman–Crippen MR) is 72.4 cm³/mol. The lowest BCUT2D eigenvalue weighted by molar-refractivity contribution is -0.0331. The zero-order valence-electron chi connectivity index (χ0n) is 11.7. The van der Waals surface area contributed by atoms with Crippen molar-refractivity contribution in [1.29, 1.82) is 0 Å². The van der Waals surface area contributed by atoms with Crippen molar-refractivity contribution >= 4 is 0 Å². The fraction of sp³-hybridized carbons (Fsp3) is 0.600. The number of aliphatic hydroxyl groups is 1. The normalized spacial score (nSPS) is 21.9. The number of aliphatic hydroxyl groups excluding tert-OH is 1. The van der Waals surface area contributed by atoms with Crippen LogP contribution in [0, 0.1) is 11.6 Å². The molecule has 2 atom stereocenters. The van der Waals surface area contributed by atoms with Crippen LogP contribution in [0.3, 0.4) is 0 Å². The monoisotopic (exact) mass is 285 g/mol. The molecule has 1 fully saturated rings. The smallest absolute Gasteiger partial charge is 0.164 e. The molecule has 5 heteroatoms. The minimum atomic E-state index is -0.978. The summed E-state index contributed by atoms with van der Waals surface area (Å²) < 4.78 is 32.3. The van der Waals surface area contributed by atoms with Crippen molar-refractivity contribution in [2.45, 2.75) is 32.0 Å². The molecule has 1 aromatic carbocycles. The molecule has 0 radical (unpaired) electrons. The van der Waals surface area contributed by atoms with Gasteiger partial charge in [-0.05, 0) is 18.9 Å². The Bertz CT molecular complexity index is 442. The molecule has 0 amide bonds. The van der Waals surface area contributed by atoms with Crippen molar-refractivity contribution in [3.63, 3.8) is 0 Å². The van der Waals surface area contributed by atoms with E-state index in [0.29, 0.717) is 19.6 Å². The molecule has 1 N–H and O–H groups in total. The van der Waals surface area contributed by atoms with E-state index in [0.717, 1.165) is 25.6 Å². The highest BCUT2D eigenvalue weighted by molar-refractivity contribution is 5.21. The number of ether oxygens (including phenoxy) is 1. The second-order valence-corrected chi connectivity index (χ2v) is 5.15. The first kappa shape index (κ1) is 15.4. The van der Waals surface area contributed by atoms with Crippen LogP contribution in [0.25, 0.3) is 0 Å². The van der Waals surface area contributed by atoms with E-state index in [1.54, 1.807) is 0 Å². The van der Waals surface area contributed by atoms with Gasteiger partial charge in [0.15, 0.2) is 11.6 Å². The molecule has 1 aliphatic rings. The molecule has 112 valence electrons. The lowest BCUT2D eigenvalue weighted by Gasteiger charge is -2.32. The third kappa shape index (κ3) is 3.75. The molecule has 1 saturated heterocycles. The van der Waals surface area contributed by atoms with Gasteiger partial charge in [0.25, 0.3) is 0 Å². The van der Waals surface area contributed by atoms with Crippen molar-refractivity contribution in [1.82, 2.24) is 4.90 Å². The van der Waals surface area contributed by atoms with Crippen molar-refractivity contribution in [3.05, 3.63) is 35.4 Å². The summed E-state index contributed by atoms with van der Waals surface area (Å²) in [5.41, 5.74) is 0.0327. The van der Waals surface area contributed by atoms with Crippen LogP contribution >= 0.6 is 0 Å². The summed E-state index contributed by atoms with van der Waals surface area (Å²) >= 11 is 0. The standard InChI is InChI=1S/C15H21F2NO2/c1-2-11-10-18(8-9-20-11)7-6-14(19)12-4-3-5-13(16)15(12)17/h3-5,11,14,19H,2,6-10H2,1H3. The summed E-state index contributed by atoms with van der Waals surface area (Å²) in [5.74, 6) is -1.87. The van der Waals surface area contributed by atoms with Gasteiger partial charge in [-0.1, -0.05) is 19.1 Å². The van der Waals surface area contributed by atoms with Gasteiger partial charge in [-0.15, -0.1) is 0 Å². The molecule has 0 bridgehead atoms. The largest absolute Gasteiger partial charge is 0.388 e. The maximum atomic E-state index is 13.6. The van der Waals surface area contributed by atoms with E-state index in [1.807, 2.05) is 0 Å². The Hall–Kier alpha value is -1.04. The van der Waals surface area contributed by atoms with Crippen LogP contribution in [0.1, 0.15) is 31.4 Å². The molecule has 1 heterocycles. The fourth-order valence-electron chi connectivity index (χ4n) is 2.47. The maximum absolute atomic E-state index is 13.6. The summed E-state index contributed by atoms with van der Waals surface area (Å²) in [6.45, 7) is 5.05. The van der Waals surface area contributed by atoms with E-state index in [9.17, 15) is 13.9 Å². The number of benzene rings is 1. The zero-order chi connectivity index (χ0) is 14.5. The molecule has 0 aromatic heterocycles. The first-order valence-electron chi connectivity index (χ1n) is 7.07. The van der Waals surface area contributed by atoms with Crippen LogP contribution < -0.4 is 0 Å². The Labute approximate surface area is 118 Å². The first-order chi connectivity index (χ1) is 9.61. The SMILES string of the molecule is CCC1CN(CCC(O)c2cccc(F)c2F)CCO1. The second-order valence-electron chi connectivity index (χ2n) is 5.15. The molecule has 2 unspecified atom stereocenters. The van der Waals surface area contributed by atoms with Gasteiger partial charge in [-0.2, -0.15) is 0 Å². The van der Waals surface area contributed by atoms with Gasteiger partial charge in [0.1, 0.15) is 0 Å². The van der Waals surface area contributed by atoms with E-state index >= 15 is 0 Å². The second kappa shape index (κ2) is 7.11. The first-order valence-corrected chi connectivity index (χ1v) is 7.07. The molecule has 0 saturated carbocycles. The number of nitrogens with zero attached hydrogens (tertiary/aromatic N) is 1. The Morgan fingerprint density at radius 1 is 1.45 bits per heavy atom. The number of halogens is 2. The lowest BCUT2D eigenvalue weighted by Crippen LogP contribution is -2.42. The number of rotatable bonds is 5. The average molecular weight is 285 g/mol. The van der Waals surface area contributed by atoms with Gasteiger partial charge in [-0.3, -0.25) is 4.90 Å². The van der Waals surface area contributed by atoms with E-state index in [-0.39, 0.29) is 11.7 Å². The van der Waals surface area contributed by atoms with Gasteiger partial charge in [0.05, 0.1) is 18.8 Å². The summed E-state index contributed by atoms with van der Waals surface area (Å²) in [7, 11) is 0. The van der Waals surface area contributed by atoms with Crippen LogP contribution in [0.5, 0.6) is 0 Å². The molecule has 3 nitrogen and oxygen atoms in total. The molecule has 0 aliphatic carbocycles. The Kier molecular flexibility index (Phi) is 5.46. The van der Waals surface area contributed by atoms with Crippen LogP contribution in [0.2, 0.25) is 0 Å². The highest BCUT2D eigenvalue weighted by Gasteiger charge is 2.21. The van der Waals surface area contributed by atoms with E-state index < -0.39 is 17.7 Å². The van der Waals surface area contributed by atoms with Crippen LogP contribution in [0.15, 0.2) is 18.2 Å². The molecule has 1 aromatic rings. The highest BCUT2D eigenvalue weighted by Crippen LogP contribution is 2.22. The van der Waals surface area contributed by atoms with Gasteiger partial charge >= 0.3 is 0 Å². The van der Waals surface area contributed by atoms with Crippen LogP contribution in [-0.2, 0) is 4.74 Å². The molecular weight excluding hydrogens is 264 g/mol. The Morgan fingerprint density at radius 3 is 3.00 bits per heavy atom. The highest BCUT2D eigenvalue weighted by atomic mass is 19.2. The molecule has 1 aliphatic heterocycles. The molecular formula is C15H21F2NO2. The van der Waals surface area contributed by atoms with Gasteiger partial charge in [0, 0.05) is 25.2 Å². The van der Waals surface area contributed by atoms with E-state index in [2.05, 4.69) is 11.8 Å². The topological polar surface area (TPSA) is 32.7 Å². The summed E-state index contributed by atoms with van der Waals surface area (Å²) in [6.07, 6.45) is 0.592. The summed E-state index contributed by atoms with van der Waals surface area (Å²) in [6, 6.07) is 3.90. The quantitative estimate of drug-likeness (QED) is 0.902. The Balaban J connectivity index is 1.88. The lowest BCUT2D eigenvalue weighted by atomic mass is 10.1. The fourth-order valence-corrected chi connectivity index (χ4v) is 2.47. The molecule has 2 rings (SSSR count). The third-order valence-electron chi connectivity index (χ3n) is 3.74. The number of morpholine rings is 1. The Morgan fingerprint density at radius 2 is 2.25 bits per heavy atom.